The van der Waals surface area contributed by atoms with E-state index < -0.39 is 0 Å². The number of rotatable bonds is 5. The Labute approximate surface area is 183 Å². The van der Waals surface area contributed by atoms with Gasteiger partial charge in [-0.15, -0.1) is 0 Å². The van der Waals surface area contributed by atoms with E-state index in [9.17, 15) is 9.59 Å². The summed E-state index contributed by atoms with van der Waals surface area (Å²) in [6.45, 7) is 3.32. The van der Waals surface area contributed by atoms with Crippen molar-refractivity contribution >= 4 is 17.5 Å². The lowest BCUT2D eigenvalue weighted by Gasteiger charge is -2.32. The van der Waals surface area contributed by atoms with Crippen LogP contribution < -0.4 is 10.1 Å². The fourth-order valence-electron chi connectivity index (χ4n) is 4.11. The highest BCUT2D eigenvalue weighted by molar-refractivity contribution is 5.94. The monoisotopic (exact) mass is 419 g/mol. The van der Waals surface area contributed by atoms with Gasteiger partial charge in [0.05, 0.1) is 5.56 Å². The van der Waals surface area contributed by atoms with Crippen LogP contribution in [0.25, 0.3) is 0 Å². The molecule has 1 N–H and O–H groups in total. The third-order valence-corrected chi connectivity index (χ3v) is 6.03. The molecule has 1 aliphatic heterocycles. The molecule has 0 spiro atoms. The molecule has 1 aromatic heterocycles. The molecule has 0 bridgehead atoms. The lowest BCUT2D eigenvalue weighted by molar-refractivity contribution is -0.120. The molecule has 31 heavy (non-hydrogen) atoms. The summed E-state index contributed by atoms with van der Waals surface area (Å²) in [4.78, 5) is 31.0. The zero-order chi connectivity index (χ0) is 21.6. The molecular formula is C25H29N3O3. The molecule has 1 aromatic carbocycles. The summed E-state index contributed by atoms with van der Waals surface area (Å²) in [7, 11) is 0. The van der Waals surface area contributed by atoms with Gasteiger partial charge >= 0.3 is 0 Å². The minimum absolute atomic E-state index is 0.0185. The van der Waals surface area contributed by atoms with Gasteiger partial charge in [0.2, 0.25) is 5.91 Å². The van der Waals surface area contributed by atoms with E-state index in [1.165, 1.54) is 0 Å². The van der Waals surface area contributed by atoms with Crippen molar-refractivity contribution in [3.8, 4) is 5.75 Å². The first-order valence-corrected chi connectivity index (χ1v) is 11.0. The molecule has 1 saturated heterocycles. The predicted octanol–water partition coefficient (Wildman–Crippen LogP) is 4.37. The standard InChI is InChI=1S/C25H29N3O3/c1-18-9-10-21(27-24(29)19-6-3-2-4-7-19)16-23(18)31-22-11-14-28(15-12-22)25(30)20-8-5-13-26-17-20/h2-3,5,8-10,13,16-17,19,22H,4,6-7,11-12,14-15H2,1H3,(H,27,29). The Morgan fingerprint density at radius 3 is 2.68 bits per heavy atom. The summed E-state index contributed by atoms with van der Waals surface area (Å²) in [6.07, 6.45) is 11.8. The number of hydrogen-bond acceptors (Lipinski definition) is 4. The van der Waals surface area contributed by atoms with Crippen LogP contribution in [-0.2, 0) is 4.79 Å². The van der Waals surface area contributed by atoms with Crippen molar-refractivity contribution in [1.29, 1.82) is 0 Å². The van der Waals surface area contributed by atoms with Crippen molar-refractivity contribution in [2.24, 2.45) is 5.92 Å². The van der Waals surface area contributed by atoms with Gasteiger partial charge in [-0.2, -0.15) is 0 Å². The largest absolute Gasteiger partial charge is 0.490 e. The van der Waals surface area contributed by atoms with E-state index in [-0.39, 0.29) is 23.8 Å². The summed E-state index contributed by atoms with van der Waals surface area (Å²) in [6, 6.07) is 9.40. The van der Waals surface area contributed by atoms with Gasteiger partial charge in [-0.25, -0.2) is 0 Å². The molecule has 0 radical (unpaired) electrons. The van der Waals surface area contributed by atoms with E-state index in [1.807, 2.05) is 30.0 Å². The van der Waals surface area contributed by atoms with Crippen LogP contribution in [0.3, 0.4) is 0 Å². The van der Waals surface area contributed by atoms with Crippen molar-refractivity contribution in [3.63, 3.8) is 0 Å². The van der Waals surface area contributed by atoms with Crippen molar-refractivity contribution in [3.05, 3.63) is 66.0 Å². The number of carbonyl (C=O) groups excluding carboxylic acids is 2. The van der Waals surface area contributed by atoms with E-state index in [0.717, 1.165) is 49.1 Å². The molecule has 1 fully saturated rings. The topological polar surface area (TPSA) is 71.5 Å². The number of carbonyl (C=O) groups is 2. The lowest BCUT2D eigenvalue weighted by Crippen LogP contribution is -2.41. The molecule has 2 aliphatic rings. The Bertz CT molecular complexity index is 950. The molecule has 1 atom stereocenters. The quantitative estimate of drug-likeness (QED) is 0.731. The van der Waals surface area contributed by atoms with Crippen LogP contribution in [-0.4, -0.2) is 40.9 Å². The number of benzene rings is 1. The van der Waals surface area contributed by atoms with E-state index in [1.54, 1.807) is 24.5 Å². The molecule has 162 valence electrons. The molecule has 0 saturated carbocycles. The number of nitrogens with one attached hydrogen (secondary N) is 1. The number of piperidine rings is 1. The van der Waals surface area contributed by atoms with Gasteiger partial charge in [-0.3, -0.25) is 14.6 Å². The van der Waals surface area contributed by atoms with Crippen LogP contribution in [0.5, 0.6) is 5.75 Å². The van der Waals surface area contributed by atoms with Gasteiger partial charge < -0.3 is 15.0 Å². The van der Waals surface area contributed by atoms with Crippen LogP contribution in [0.4, 0.5) is 5.69 Å². The highest BCUT2D eigenvalue weighted by atomic mass is 16.5. The van der Waals surface area contributed by atoms with E-state index in [0.29, 0.717) is 18.7 Å². The number of allylic oxidation sites excluding steroid dienone is 2. The molecular weight excluding hydrogens is 390 g/mol. The molecule has 6 heteroatoms. The Morgan fingerprint density at radius 1 is 1.13 bits per heavy atom. The fraction of sp³-hybridized carbons (Fsp3) is 0.400. The summed E-state index contributed by atoms with van der Waals surface area (Å²) < 4.78 is 6.27. The first-order chi connectivity index (χ1) is 15.1. The lowest BCUT2D eigenvalue weighted by atomic mass is 9.93. The van der Waals surface area contributed by atoms with Crippen LogP contribution >= 0.6 is 0 Å². The first kappa shape index (κ1) is 21.1. The number of ether oxygens (including phenoxy) is 1. The number of pyridine rings is 1. The number of aryl methyl sites for hydroxylation is 1. The van der Waals surface area contributed by atoms with Gasteiger partial charge in [0.25, 0.3) is 5.91 Å². The Kier molecular flexibility index (Phi) is 6.65. The summed E-state index contributed by atoms with van der Waals surface area (Å²) >= 11 is 0. The van der Waals surface area contributed by atoms with Gasteiger partial charge in [-0.05, 0) is 49.9 Å². The first-order valence-electron chi connectivity index (χ1n) is 11.0. The summed E-state index contributed by atoms with van der Waals surface area (Å²) in [5, 5.41) is 3.05. The molecule has 6 nitrogen and oxygen atoms in total. The highest BCUT2D eigenvalue weighted by Crippen LogP contribution is 2.28. The average molecular weight is 420 g/mol. The second-order valence-electron chi connectivity index (χ2n) is 8.30. The normalized spacial score (nSPS) is 19.1. The summed E-state index contributed by atoms with van der Waals surface area (Å²) in [5.41, 5.74) is 2.42. The Hall–Kier alpha value is -3.15. The second kappa shape index (κ2) is 9.77. The minimum atomic E-state index is 0.0185. The molecule has 1 aliphatic carbocycles. The number of amides is 2. The van der Waals surface area contributed by atoms with Gasteiger partial charge in [-0.1, -0.05) is 18.2 Å². The number of anilines is 1. The second-order valence-corrected chi connectivity index (χ2v) is 8.30. The third-order valence-electron chi connectivity index (χ3n) is 6.03. The van der Waals surface area contributed by atoms with Crippen molar-refractivity contribution in [1.82, 2.24) is 9.88 Å². The highest BCUT2D eigenvalue weighted by Gasteiger charge is 2.25. The van der Waals surface area contributed by atoms with Crippen LogP contribution in [0.1, 0.15) is 48.0 Å². The smallest absolute Gasteiger partial charge is 0.255 e. The van der Waals surface area contributed by atoms with Crippen LogP contribution in [0.2, 0.25) is 0 Å². The molecule has 2 heterocycles. The zero-order valence-corrected chi connectivity index (χ0v) is 17.9. The van der Waals surface area contributed by atoms with Crippen molar-refractivity contribution < 1.29 is 14.3 Å². The Balaban J connectivity index is 1.33. The number of hydrogen-bond donors (Lipinski definition) is 1. The molecule has 2 amide bonds. The van der Waals surface area contributed by atoms with Gasteiger partial charge in [0, 0.05) is 56.0 Å². The number of likely N-dealkylation sites (tertiary alicyclic amines) is 1. The maximum Gasteiger partial charge on any atom is 0.255 e. The average Bonchev–Trinajstić information content (AvgIpc) is 2.82. The van der Waals surface area contributed by atoms with E-state index >= 15 is 0 Å². The maximum absolute atomic E-state index is 12.6. The third kappa shape index (κ3) is 5.32. The molecule has 4 rings (SSSR count). The van der Waals surface area contributed by atoms with Crippen LogP contribution in [0.15, 0.2) is 54.9 Å². The summed E-state index contributed by atoms with van der Waals surface area (Å²) in [5.74, 6) is 0.919. The zero-order valence-electron chi connectivity index (χ0n) is 17.9. The minimum Gasteiger partial charge on any atom is -0.490 e. The van der Waals surface area contributed by atoms with Gasteiger partial charge in [0.1, 0.15) is 11.9 Å². The maximum atomic E-state index is 12.6. The molecule has 1 unspecified atom stereocenters. The number of nitrogens with zero attached hydrogens (tertiary/aromatic N) is 2. The fourth-order valence-corrected chi connectivity index (χ4v) is 4.11. The SMILES string of the molecule is Cc1ccc(NC(=O)C2CC=CCC2)cc1OC1CCN(C(=O)c2cccnc2)CC1. The van der Waals surface area contributed by atoms with Crippen molar-refractivity contribution in [2.45, 2.75) is 45.1 Å². The number of aromatic nitrogens is 1. The Morgan fingerprint density at radius 2 is 1.97 bits per heavy atom. The van der Waals surface area contributed by atoms with E-state index in [2.05, 4.69) is 22.5 Å². The van der Waals surface area contributed by atoms with Crippen molar-refractivity contribution in [2.75, 3.05) is 18.4 Å². The van der Waals surface area contributed by atoms with Gasteiger partial charge in [0.15, 0.2) is 0 Å². The van der Waals surface area contributed by atoms with Crippen LogP contribution in [0, 0.1) is 12.8 Å². The molecule has 2 aromatic rings. The predicted molar refractivity (Wildman–Crippen MR) is 120 cm³/mol. The van der Waals surface area contributed by atoms with E-state index in [4.69, 9.17) is 4.74 Å².